The van der Waals surface area contributed by atoms with Gasteiger partial charge < -0.3 is 20.9 Å². The summed E-state index contributed by atoms with van der Waals surface area (Å²) in [5.41, 5.74) is -1.14. The summed E-state index contributed by atoms with van der Waals surface area (Å²) in [6, 6.07) is -4.32. The first-order valence-corrected chi connectivity index (χ1v) is 20.4. The molecule has 3 aliphatic rings. The van der Waals surface area contributed by atoms with E-state index in [4.69, 9.17) is 6.42 Å². The van der Waals surface area contributed by atoms with E-state index in [-0.39, 0.29) is 37.1 Å². The highest BCUT2D eigenvalue weighted by Crippen LogP contribution is 2.48. The van der Waals surface area contributed by atoms with Crippen molar-refractivity contribution >= 4 is 45.8 Å². The van der Waals surface area contributed by atoms with Crippen molar-refractivity contribution in [2.24, 2.45) is 33.6 Å². The molecule has 3 fully saturated rings. The molecule has 0 radical (unpaired) electrons. The van der Waals surface area contributed by atoms with Crippen LogP contribution in [0.2, 0.25) is 0 Å². The van der Waals surface area contributed by atoms with E-state index in [1.807, 2.05) is 27.7 Å². The van der Waals surface area contributed by atoms with Gasteiger partial charge in [0.15, 0.2) is 0 Å². The summed E-state index contributed by atoms with van der Waals surface area (Å²) < 4.78 is 25.7. The summed E-state index contributed by atoms with van der Waals surface area (Å²) in [5.74, 6) is -0.226. The van der Waals surface area contributed by atoms with Gasteiger partial charge in [0.05, 0.1) is 12.3 Å². The van der Waals surface area contributed by atoms with Crippen molar-refractivity contribution in [2.45, 2.75) is 123 Å². The molecule has 1 saturated heterocycles. The molecule has 13 nitrogen and oxygen atoms in total. The van der Waals surface area contributed by atoms with E-state index in [0.29, 0.717) is 31.7 Å². The van der Waals surface area contributed by atoms with Crippen molar-refractivity contribution < 1.29 is 32.4 Å². The first-order valence-electron chi connectivity index (χ1n) is 18.5. The second kappa shape index (κ2) is 18.0. The van der Waals surface area contributed by atoms with Crippen LogP contribution in [0.3, 0.4) is 0 Å². The number of ketones is 1. The average molecular weight is 745 g/mol. The van der Waals surface area contributed by atoms with Crippen molar-refractivity contribution in [3.63, 3.8) is 0 Å². The predicted molar refractivity (Wildman–Crippen MR) is 202 cm³/mol. The third-order valence-electron chi connectivity index (χ3n) is 11.5. The molecule has 2 unspecified atom stereocenters. The first-order chi connectivity index (χ1) is 24.3. The Kier molecular flexibility index (Phi) is 14.8. The molecule has 2 saturated carbocycles. The van der Waals surface area contributed by atoms with Crippen LogP contribution in [0.15, 0.2) is 17.6 Å². The molecular formula is C38H60N6O7S. The van der Waals surface area contributed by atoms with E-state index in [9.17, 15) is 32.4 Å². The number of nitrogens with one attached hydrogen (secondary N) is 3. The number of urea groups is 1. The largest absolute Gasteiger partial charge is 0.344 e. The van der Waals surface area contributed by atoms with Crippen LogP contribution in [-0.4, -0.2) is 104 Å². The lowest BCUT2D eigenvalue weighted by atomic mass is 9.70. The number of nitrogens with zero attached hydrogens (tertiary/aromatic N) is 3. The molecule has 290 valence electrons. The van der Waals surface area contributed by atoms with Crippen molar-refractivity contribution in [3.8, 4) is 12.3 Å². The van der Waals surface area contributed by atoms with Gasteiger partial charge >= 0.3 is 11.9 Å². The SMILES string of the molecule is C#CCCC(NC(=O)[C@@H]1[C@H]2CCC(CC)[C@H]2CN1C(=O)[C@@H](NC(=O)N[C@H](CN(C)S(C)(=O)=O)C(C)(C)C)C1(C)CCCCC1)C(=O)C(=O)/N=C/C=C. The molecule has 0 aromatic rings. The van der Waals surface area contributed by atoms with Crippen LogP contribution in [0.5, 0.6) is 0 Å². The number of allylic oxidation sites excluding steroid dienone is 1. The molecule has 0 aromatic heterocycles. The Morgan fingerprint density at radius 2 is 1.73 bits per heavy atom. The maximum atomic E-state index is 15.0. The van der Waals surface area contributed by atoms with Crippen LogP contribution in [0.25, 0.3) is 0 Å². The molecule has 3 rings (SSSR count). The summed E-state index contributed by atoms with van der Waals surface area (Å²) in [6.45, 7) is 13.6. The zero-order chi connectivity index (χ0) is 39.0. The van der Waals surface area contributed by atoms with Crippen LogP contribution < -0.4 is 16.0 Å². The quantitative estimate of drug-likeness (QED) is 0.131. The monoisotopic (exact) mass is 744 g/mol. The van der Waals surface area contributed by atoms with Gasteiger partial charge in [-0.1, -0.05) is 73.0 Å². The van der Waals surface area contributed by atoms with Crippen LogP contribution >= 0.6 is 0 Å². The van der Waals surface area contributed by atoms with E-state index in [0.717, 1.165) is 44.6 Å². The lowest BCUT2D eigenvalue weighted by Gasteiger charge is -2.43. The molecule has 7 atom stereocenters. The third-order valence-corrected chi connectivity index (χ3v) is 12.8. The Balaban J connectivity index is 1.99. The summed E-state index contributed by atoms with van der Waals surface area (Å²) in [5, 5.41) is 8.73. The maximum absolute atomic E-state index is 15.0. The van der Waals surface area contributed by atoms with Gasteiger partial charge in [0.1, 0.15) is 12.1 Å². The number of aliphatic imine (C=N–C) groups is 1. The number of likely N-dealkylation sites (tertiary alicyclic amines) is 1. The van der Waals surface area contributed by atoms with E-state index in [2.05, 4.69) is 40.4 Å². The van der Waals surface area contributed by atoms with Gasteiger partial charge in [0.25, 0.3) is 0 Å². The Morgan fingerprint density at radius 1 is 1.08 bits per heavy atom. The number of Topliss-reactive ketones (excluding diaryl/α,β-unsaturated/α-hetero) is 1. The van der Waals surface area contributed by atoms with E-state index in [1.165, 1.54) is 17.4 Å². The van der Waals surface area contributed by atoms with Crippen LogP contribution in [0, 0.1) is 40.9 Å². The van der Waals surface area contributed by atoms with E-state index in [1.54, 1.807) is 4.90 Å². The Morgan fingerprint density at radius 3 is 2.29 bits per heavy atom. The van der Waals surface area contributed by atoms with Crippen LogP contribution in [-0.2, 0) is 29.2 Å². The minimum absolute atomic E-state index is 0.0225. The average Bonchev–Trinajstić information content (AvgIpc) is 3.65. The topological polar surface area (TPSA) is 174 Å². The molecule has 0 bridgehead atoms. The normalized spacial score (nSPS) is 24.7. The van der Waals surface area contributed by atoms with Crippen molar-refractivity contribution in [2.75, 3.05) is 26.4 Å². The maximum Gasteiger partial charge on any atom is 0.315 e. The highest BCUT2D eigenvalue weighted by molar-refractivity contribution is 7.88. The minimum Gasteiger partial charge on any atom is -0.344 e. The zero-order valence-electron chi connectivity index (χ0n) is 32.1. The molecular weight excluding hydrogens is 685 g/mol. The van der Waals surface area contributed by atoms with Gasteiger partial charge in [-0.15, -0.1) is 12.3 Å². The number of amides is 5. The summed E-state index contributed by atoms with van der Waals surface area (Å²) in [4.78, 5) is 74.1. The summed E-state index contributed by atoms with van der Waals surface area (Å²) in [7, 11) is -2.07. The Hall–Kier alpha value is -3.57. The van der Waals surface area contributed by atoms with Gasteiger partial charge in [-0.05, 0) is 60.7 Å². The van der Waals surface area contributed by atoms with Crippen LogP contribution in [0.1, 0.15) is 98.8 Å². The number of terminal acetylenes is 1. The van der Waals surface area contributed by atoms with E-state index < -0.39 is 68.6 Å². The van der Waals surface area contributed by atoms with Gasteiger partial charge in [-0.2, -0.15) is 0 Å². The van der Waals surface area contributed by atoms with Crippen molar-refractivity contribution in [1.29, 1.82) is 0 Å². The molecule has 0 spiro atoms. The lowest BCUT2D eigenvalue weighted by Crippen LogP contribution is -2.63. The van der Waals surface area contributed by atoms with Gasteiger partial charge in [0, 0.05) is 38.8 Å². The number of hydrogen-bond donors (Lipinski definition) is 3. The Bertz CT molecular complexity index is 1520. The molecule has 5 amide bonds. The number of sulfonamides is 1. The minimum atomic E-state index is -3.52. The summed E-state index contributed by atoms with van der Waals surface area (Å²) >= 11 is 0. The molecule has 0 aromatic carbocycles. The lowest BCUT2D eigenvalue weighted by molar-refractivity contribution is -0.145. The molecule has 1 aliphatic heterocycles. The fourth-order valence-electron chi connectivity index (χ4n) is 8.20. The fraction of sp³-hybridized carbons (Fsp3) is 0.737. The Labute approximate surface area is 310 Å². The van der Waals surface area contributed by atoms with E-state index >= 15 is 0 Å². The van der Waals surface area contributed by atoms with Gasteiger partial charge in [-0.25, -0.2) is 22.5 Å². The highest BCUT2D eigenvalue weighted by Gasteiger charge is 2.55. The van der Waals surface area contributed by atoms with Gasteiger partial charge in [-0.3, -0.25) is 19.2 Å². The second-order valence-corrected chi connectivity index (χ2v) is 18.3. The van der Waals surface area contributed by atoms with Gasteiger partial charge in [0.2, 0.25) is 27.6 Å². The zero-order valence-corrected chi connectivity index (χ0v) is 32.9. The smallest absolute Gasteiger partial charge is 0.315 e. The number of carbonyl (C=O) groups excluding carboxylic acids is 5. The third kappa shape index (κ3) is 10.5. The first kappa shape index (κ1) is 42.8. The van der Waals surface area contributed by atoms with Crippen molar-refractivity contribution in [3.05, 3.63) is 12.7 Å². The number of fused-ring (bicyclic) bond motifs is 1. The number of likely N-dealkylation sites (N-methyl/N-ethyl adjacent to an activating group) is 1. The molecule has 14 heteroatoms. The highest BCUT2D eigenvalue weighted by atomic mass is 32.2. The molecule has 3 N–H and O–H groups in total. The molecule has 52 heavy (non-hydrogen) atoms. The summed E-state index contributed by atoms with van der Waals surface area (Å²) in [6.07, 6.45) is 15.7. The predicted octanol–water partition coefficient (Wildman–Crippen LogP) is 3.44. The van der Waals surface area contributed by atoms with Crippen molar-refractivity contribution in [1.82, 2.24) is 25.2 Å². The van der Waals surface area contributed by atoms with Crippen LogP contribution in [0.4, 0.5) is 4.79 Å². The fourth-order valence-corrected chi connectivity index (χ4v) is 8.62. The molecule has 2 aliphatic carbocycles. The standard InChI is InChI=1S/C38H60N6O7S/c1-10-13-17-28(31(45)34(47)39-22-11-2)40-33(46)30-26-19-18-25(12-3)27(26)23-44(30)35(48)32(38(7)20-15-14-16-21-38)42-36(49)41-29(37(4,5)6)24-43(8)52(9,50)51/h1,11,22,25-30,32H,2,12-21,23-24H2,3-9H3,(H,40,46)(H2,41,42,49)/b39-22+/t25?,26-,27+,28?,29+,30-,32+/m0/s1. The number of hydrogen-bond acceptors (Lipinski definition) is 7. The number of carbonyl (C=O) groups is 5. The second-order valence-electron chi connectivity index (χ2n) is 16.2. The molecule has 1 heterocycles. The number of rotatable bonds is 15.